The Morgan fingerprint density at radius 1 is 1.03 bits per heavy atom. The predicted molar refractivity (Wildman–Crippen MR) is 154 cm³/mol. The maximum absolute atomic E-state index is 13.1. The number of ether oxygens (including phenoxy) is 3. The van der Waals surface area contributed by atoms with E-state index in [1.807, 2.05) is 0 Å². The number of carbonyl (C=O) groups excluding carboxylic acids is 1. The molecule has 2 aliphatic rings. The number of esters is 1. The summed E-state index contributed by atoms with van der Waals surface area (Å²) in [6.45, 7) is 8.33. The zero-order valence-electron chi connectivity index (χ0n) is 24.3. The molecule has 1 fully saturated rings. The molecular formula is C30H52N3O4S+. The molecule has 0 aromatic carbocycles. The average molecular weight is 551 g/mol. The average Bonchev–Trinajstić information content (AvgIpc) is 3.40. The summed E-state index contributed by atoms with van der Waals surface area (Å²) in [5.41, 5.74) is 2.03. The Morgan fingerprint density at radius 3 is 2.45 bits per heavy atom. The SMILES string of the molecule is CCCCCCCCCC(=O)OC(C1CCOCC1)[N+]1(C)CCC=C(c2nsnc2OCCCCCC)C1. The minimum Gasteiger partial charge on any atom is -0.475 e. The Labute approximate surface area is 235 Å². The normalized spacial score (nSPS) is 21.2. The van der Waals surface area contributed by atoms with Crippen molar-refractivity contribution in [3.63, 3.8) is 0 Å². The van der Waals surface area contributed by atoms with Gasteiger partial charge in [0.25, 0.3) is 5.88 Å². The summed E-state index contributed by atoms with van der Waals surface area (Å²) in [5, 5.41) is 0. The summed E-state index contributed by atoms with van der Waals surface area (Å²) in [6.07, 6.45) is 18.5. The van der Waals surface area contributed by atoms with Gasteiger partial charge in [-0.1, -0.05) is 77.7 Å². The second kappa shape index (κ2) is 17.2. The highest BCUT2D eigenvalue weighted by Crippen LogP contribution is 2.36. The predicted octanol–water partition coefficient (Wildman–Crippen LogP) is 7.17. The van der Waals surface area contributed by atoms with Crippen LogP contribution in [0, 0.1) is 5.92 Å². The van der Waals surface area contributed by atoms with E-state index in [0.717, 1.165) is 76.1 Å². The summed E-state index contributed by atoms with van der Waals surface area (Å²) in [7, 11) is 2.25. The molecule has 3 heterocycles. The van der Waals surface area contributed by atoms with Crippen LogP contribution in [0.2, 0.25) is 0 Å². The third-order valence-electron chi connectivity index (χ3n) is 8.08. The standard InChI is InChI=1S/C30H52N3O4S/c1-4-6-8-10-11-12-13-17-27(34)37-30(25-18-22-35-23-19-25)33(3)20-15-16-26(24-33)28-29(32-38-31-28)36-21-14-9-7-5-2/h16,25,30H,4-15,17-24H2,1-3H3/q+1. The molecule has 0 radical (unpaired) electrons. The van der Waals surface area contributed by atoms with E-state index in [1.54, 1.807) is 0 Å². The van der Waals surface area contributed by atoms with Crippen LogP contribution in [0.1, 0.15) is 116 Å². The number of hydrogen-bond acceptors (Lipinski definition) is 7. The van der Waals surface area contributed by atoms with Crippen LogP contribution in [0.3, 0.4) is 0 Å². The lowest BCUT2D eigenvalue weighted by Crippen LogP contribution is -2.60. The number of aromatic nitrogens is 2. The largest absolute Gasteiger partial charge is 0.475 e. The summed E-state index contributed by atoms with van der Waals surface area (Å²) in [5.74, 6) is 0.926. The topological polar surface area (TPSA) is 70.5 Å². The van der Waals surface area contributed by atoms with Crippen LogP contribution in [-0.4, -0.2) is 65.4 Å². The maximum atomic E-state index is 13.1. The van der Waals surface area contributed by atoms with Gasteiger partial charge in [-0.05, 0) is 25.7 Å². The molecule has 2 unspecified atom stereocenters. The molecule has 1 saturated heterocycles. The molecule has 8 heteroatoms. The fraction of sp³-hybridized carbons (Fsp3) is 0.833. The molecule has 1 aromatic heterocycles. The van der Waals surface area contributed by atoms with Crippen molar-refractivity contribution < 1.29 is 23.5 Å². The molecule has 0 N–H and O–H groups in total. The molecular weight excluding hydrogens is 498 g/mol. The number of nitrogens with zero attached hydrogens (tertiary/aromatic N) is 3. The fourth-order valence-corrected chi connectivity index (χ4v) is 6.31. The van der Waals surface area contributed by atoms with E-state index in [2.05, 4.69) is 35.7 Å². The molecule has 7 nitrogen and oxygen atoms in total. The van der Waals surface area contributed by atoms with Crippen LogP contribution < -0.4 is 4.74 Å². The molecule has 0 amide bonds. The van der Waals surface area contributed by atoms with E-state index in [1.165, 1.54) is 63.1 Å². The quantitative estimate of drug-likeness (QED) is 0.110. The number of quaternary nitrogens is 1. The second-order valence-electron chi connectivity index (χ2n) is 11.4. The van der Waals surface area contributed by atoms with Gasteiger partial charge in [0.05, 0.1) is 37.8 Å². The van der Waals surface area contributed by atoms with Crippen molar-refractivity contribution in [2.75, 3.05) is 40.0 Å². The highest BCUT2D eigenvalue weighted by molar-refractivity contribution is 6.99. The first-order valence-electron chi connectivity index (χ1n) is 15.3. The van der Waals surface area contributed by atoms with E-state index in [0.29, 0.717) is 29.3 Å². The van der Waals surface area contributed by atoms with E-state index < -0.39 is 0 Å². The van der Waals surface area contributed by atoms with Crippen molar-refractivity contribution in [3.05, 3.63) is 11.8 Å². The molecule has 1 aromatic rings. The van der Waals surface area contributed by atoms with Crippen molar-refractivity contribution in [3.8, 4) is 5.88 Å². The van der Waals surface area contributed by atoms with Crippen LogP contribution in [0.15, 0.2) is 6.08 Å². The highest BCUT2D eigenvalue weighted by Gasteiger charge is 2.44. The third-order valence-corrected chi connectivity index (χ3v) is 8.59. The Hall–Kier alpha value is -1.51. The van der Waals surface area contributed by atoms with Crippen LogP contribution in [0.4, 0.5) is 0 Å². The summed E-state index contributed by atoms with van der Waals surface area (Å²) >= 11 is 1.22. The Morgan fingerprint density at radius 2 is 1.71 bits per heavy atom. The van der Waals surface area contributed by atoms with Crippen LogP contribution >= 0.6 is 11.7 Å². The molecule has 0 bridgehead atoms. The Bertz CT molecular complexity index is 839. The first-order valence-corrected chi connectivity index (χ1v) is 16.1. The van der Waals surface area contributed by atoms with Gasteiger partial charge >= 0.3 is 5.97 Å². The minimum atomic E-state index is -0.162. The number of likely N-dealkylation sites (N-methyl/N-ethyl adjacent to an activating group) is 1. The van der Waals surface area contributed by atoms with Crippen LogP contribution in [0.5, 0.6) is 5.88 Å². The van der Waals surface area contributed by atoms with E-state index in [-0.39, 0.29) is 12.2 Å². The van der Waals surface area contributed by atoms with Gasteiger partial charge in [-0.3, -0.25) is 9.28 Å². The summed E-state index contributed by atoms with van der Waals surface area (Å²) in [4.78, 5) is 13.1. The fourth-order valence-electron chi connectivity index (χ4n) is 5.78. The van der Waals surface area contributed by atoms with Gasteiger partial charge < -0.3 is 14.2 Å². The van der Waals surface area contributed by atoms with Gasteiger partial charge in [0.1, 0.15) is 12.2 Å². The second-order valence-corrected chi connectivity index (χ2v) is 11.9. The van der Waals surface area contributed by atoms with Crippen LogP contribution in [-0.2, 0) is 14.3 Å². The molecule has 38 heavy (non-hydrogen) atoms. The van der Waals surface area contributed by atoms with Crippen LogP contribution in [0.25, 0.3) is 5.57 Å². The first-order chi connectivity index (χ1) is 18.6. The smallest absolute Gasteiger partial charge is 0.310 e. The lowest BCUT2D eigenvalue weighted by Gasteiger charge is -2.46. The number of carbonyl (C=O) groups is 1. The van der Waals surface area contributed by atoms with Gasteiger partial charge in [0.15, 0.2) is 0 Å². The third kappa shape index (κ3) is 9.91. The van der Waals surface area contributed by atoms with Gasteiger partial charge in [0.2, 0.25) is 6.23 Å². The maximum Gasteiger partial charge on any atom is 0.310 e. The summed E-state index contributed by atoms with van der Waals surface area (Å²) < 4.78 is 27.9. The van der Waals surface area contributed by atoms with Gasteiger partial charge in [-0.25, -0.2) is 0 Å². The summed E-state index contributed by atoms with van der Waals surface area (Å²) in [6, 6.07) is 0. The lowest BCUT2D eigenvalue weighted by atomic mass is 9.93. The number of rotatable bonds is 18. The monoisotopic (exact) mass is 550 g/mol. The molecule has 3 rings (SSSR count). The van der Waals surface area contributed by atoms with Gasteiger partial charge in [-0.2, -0.15) is 4.37 Å². The Balaban J connectivity index is 1.61. The molecule has 2 aliphatic heterocycles. The molecule has 0 saturated carbocycles. The number of hydrogen-bond donors (Lipinski definition) is 0. The van der Waals surface area contributed by atoms with Gasteiger partial charge in [0, 0.05) is 31.6 Å². The zero-order chi connectivity index (χ0) is 27.1. The molecule has 216 valence electrons. The zero-order valence-corrected chi connectivity index (χ0v) is 25.1. The van der Waals surface area contributed by atoms with E-state index in [9.17, 15) is 4.79 Å². The van der Waals surface area contributed by atoms with E-state index in [4.69, 9.17) is 14.2 Å². The van der Waals surface area contributed by atoms with Crippen molar-refractivity contribution in [1.29, 1.82) is 0 Å². The first kappa shape index (κ1) is 31.0. The van der Waals surface area contributed by atoms with Crippen molar-refractivity contribution >= 4 is 23.3 Å². The Kier molecular flexibility index (Phi) is 14.1. The van der Waals surface area contributed by atoms with Crippen molar-refractivity contribution in [2.45, 2.75) is 116 Å². The number of unbranched alkanes of at least 4 members (excludes halogenated alkanes) is 9. The van der Waals surface area contributed by atoms with Crippen molar-refractivity contribution in [2.24, 2.45) is 5.92 Å². The lowest BCUT2D eigenvalue weighted by molar-refractivity contribution is -0.951. The van der Waals surface area contributed by atoms with Crippen molar-refractivity contribution in [1.82, 2.24) is 8.75 Å². The molecule has 2 atom stereocenters. The molecule has 0 spiro atoms. The van der Waals surface area contributed by atoms with Gasteiger partial charge in [-0.15, -0.1) is 4.37 Å². The molecule has 0 aliphatic carbocycles. The highest BCUT2D eigenvalue weighted by atomic mass is 32.1. The van der Waals surface area contributed by atoms with E-state index >= 15 is 0 Å². The minimum absolute atomic E-state index is 0.0445.